The summed E-state index contributed by atoms with van der Waals surface area (Å²) in [5.74, 6) is -0.0183. The predicted octanol–water partition coefficient (Wildman–Crippen LogP) is 5.10. The molecule has 0 spiro atoms. The highest BCUT2D eigenvalue weighted by Crippen LogP contribution is 2.34. The lowest BCUT2D eigenvalue weighted by molar-refractivity contribution is -0.0515. The molecule has 7 nitrogen and oxygen atoms in total. The van der Waals surface area contributed by atoms with Crippen LogP contribution in [0.2, 0.25) is 0 Å². The Hall–Kier alpha value is -3.49. The number of hydrogen-bond donors (Lipinski definition) is 0. The van der Waals surface area contributed by atoms with Gasteiger partial charge in [0, 0.05) is 11.8 Å². The quantitative estimate of drug-likeness (QED) is 0.404. The molecule has 0 saturated heterocycles. The van der Waals surface area contributed by atoms with Gasteiger partial charge in [-0.3, -0.25) is 4.40 Å². The van der Waals surface area contributed by atoms with Crippen LogP contribution in [0.5, 0.6) is 11.5 Å². The normalized spacial score (nSPS) is 11.6. The molecule has 32 heavy (non-hydrogen) atoms. The van der Waals surface area contributed by atoms with E-state index in [1.54, 1.807) is 43.5 Å². The summed E-state index contributed by atoms with van der Waals surface area (Å²) >= 11 is 0. The van der Waals surface area contributed by atoms with Crippen molar-refractivity contribution in [2.24, 2.45) is 5.92 Å². The Balaban J connectivity index is 2.00. The molecule has 0 aliphatic carbocycles. The molecule has 9 heteroatoms. The second-order valence-electron chi connectivity index (χ2n) is 7.29. The van der Waals surface area contributed by atoms with Gasteiger partial charge in [0.2, 0.25) is 0 Å². The SMILES string of the molecule is CCOC(=O)c1c(C=Cc2cccc(OC(F)F)c2OCCC(C)C)nc2ccncn12. The summed E-state index contributed by atoms with van der Waals surface area (Å²) in [6.45, 7) is 3.36. The highest BCUT2D eigenvalue weighted by atomic mass is 19.3. The number of aromatic nitrogens is 3. The molecule has 0 atom stereocenters. The van der Waals surface area contributed by atoms with Gasteiger partial charge in [-0.15, -0.1) is 0 Å². The standard InChI is InChI=1S/C23H25F2N3O4/c1-4-30-22(29)20-17(27-19-10-12-26-14-28(19)20)9-8-16-6-5-7-18(32-23(24)25)21(16)31-13-11-15(2)3/h5-10,12,14-15,23H,4,11,13H2,1-3H3. The van der Waals surface area contributed by atoms with Crippen LogP contribution in [-0.2, 0) is 4.74 Å². The molecule has 0 N–H and O–H groups in total. The molecule has 2 heterocycles. The van der Waals surface area contributed by atoms with Gasteiger partial charge in [-0.1, -0.05) is 26.0 Å². The molecule has 1 aromatic carbocycles. The second kappa shape index (κ2) is 10.7. The first kappa shape index (κ1) is 23.2. The third-order valence-electron chi connectivity index (χ3n) is 4.51. The summed E-state index contributed by atoms with van der Waals surface area (Å²) in [5.41, 5.74) is 1.60. The van der Waals surface area contributed by atoms with Crippen LogP contribution >= 0.6 is 0 Å². The van der Waals surface area contributed by atoms with Crippen LogP contribution in [0.4, 0.5) is 8.78 Å². The van der Waals surface area contributed by atoms with E-state index < -0.39 is 12.6 Å². The van der Waals surface area contributed by atoms with Crippen molar-refractivity contribution in [1.29, 1.82) is 0 Å². The van der Waals surface area contributed by atoms with Gasteiger partial charge in [0.15, 0.2) is 17.2 Å². The fraction of sp³-hybridized carbons (Fsp3) is 0.348. The van der Waals surface area contributed by atoms with Gasteiger partial charge in [0.25, 0.3) is 0 Å². The van der Waals surface area contributed by atoms with Gasteiger partial charge in [0.05, 0.1) is 18.9 Å². The lowest BCUT2D eigenvalue weighted by atomic mass is 10.1. The summed E-state index contributed by atoms with van der Waals surface area (Å²) in [7, 11) is 0. The molecule has 3 aromatic rings. The van der Waals surface area contributed by atoms with Gasteiger partial charge in [-0.2, -0.15) is 8.78 Å². The van der Waals surface area contributed by atoms with E-state index in [1.807, 2.05) is 13.8 Å². The summed E-state index contributed by atoms with van der Waals surface area (Å²) in [6, 6.07) is 6.39. The lowest BCUT2D eigenvalue weighted by Gasteiger charge is -2.15. The van der Waals surface area contributed by atoms with Gasteiger partial charge < -0.3 is 14.2 Å². The first-order chi connectivity index (χ1) is 15.4. The van der Waals surface area contributed by atoms with E-state index in [9.17, 15) is 13.6 Å². The van der Waals surface area contributed by atoms with Crippen LogP contribution in [0.3, 0.4) is 0 Å². The third-order valence-corrected chi connectivity index (χ3v) is 4.51. The number of nitrogens with zero attached hydrogens (tertiary/aromatic N) is 3. The Morgan fingerprint density at radius 1 is 1.22 bits per heavy atom. The average Bonchev–Trinajstić information content (AvgIpc) is 3.11. The minimum absolute atomic E-state index is 0.0595. The van der Waals surface area contributed by atoms with E-state index in [0.717, 1.165) is 6.42 Å². The fourth-order valence-electron chi connectivity index (χ4n) is 3.01. The van der Waals surface area contributed by atoms with Gasteiger partial charge >= 0.3 is 12.6 Å². The molecule has 0 fully saturated rings. The Morgan fingerprint density at radius 2 is 2.03 bits per heavy atom. The van der Waals surface area contributed by atoms with Crippen molar-refractivity contribution in [2.75, 3.05) is 13.2 Å². The van der Waals surface area contributed by atoms with E-state index >= 15 is 0 Å². The number of alkyl halides is 2. The number of esters is 1. The maximum atomic E-state index is 12.9. The molecular formula is C23H25F2N3O4. The maximum absolute atomic E-state index is 12.9. The topological polar surface area (TPSA) is 75.0 Å². The van der Waals surface area contributed by atoms with E-state index in [4.69, 9.17) is 9.47 Å². The smallest absolute Gasteiger partial charge is 0.387 e. The second-order valence-corrected chi connectivity index (χ2v) is 7.29. The molecule has 0 aliphatic heterocycles. The molecular weight excluding hydrogens is 420 g/mol. The van der Waals surface area contributed by atoms with Crippen molar-refractivity contribution >= 4 is 23.8 Å². The summed E-state index contributed by atoms with van der Waals surface area (Å²) < 4.78 is 42.9. The number of ether oxygens (including phenoxy) is 3. The maximum Gasteiger partial charge on any atom is 0.387 e. The molecule has 0 unspecified atom stereocenters. The molecule has 0 bridgehead atoms. The van der Waals surface area contributed by atoms with E-state index in [0.29, 0.717) is 29.4 Å². The number of carbonyl (C=O) groups is 1. The number of fused-ring (bicyclic) bond motifs is 1. The van der Waals surface area contributed by atoms with E-state index in [1.165, 1.54) is 16.8 Å². The van der Waals surface area contributed by atoms with Crippen LogP contribution in [0.1, 0.15) is 48.9 Å². The Morgan fingerprint density at radius 3 is 2.75 bits per heavy atom. The highest BCUT2D eigenvalue weighted by Gasteiger charge is 2.20. The van der Waals surface area contributed by atoms with Gasteiger partial charge in [0.1, 0.15) is 12.0 Å². The van der Waals surface area contributed by atoms with Crippen LogP contribution < -0.4 is 9.47 Å². The number of imidazole rings is 1. The molecule has 0 saturated carbocycles. The summed E-state index contributed by atoms with van der Waals surface area (Å²) in [6.07, 6.45) is 7.04. The molecule has 2 aromatic heterocycles. The lowest BCUT2D eigenvalue weighted by Crippen LogP contribution is -2.09. The first-order valence-electron chi connectivity index (χ1n) is 10.3. The largest absolute Gasteiger partial charge is 0.489 e. The zero-order valence-corrected chi connectivity index (χ0v) is 18.1. The third kappa shape index (κ3) is 5.60. The predicted molar refractivity (Wildman–Crippen MR) is 116 cm³/mol. The van der Waals surface area contributed by atoms with Crippen molar-refractivity contribution in [3.05, 3.63) is 53.7 Å². The van der Waals surface area contributed by atoms with Crippen molar-refractivity contribution in [1.82, 2.24) is 14.4 Å². The Kier molecular flexibility index (Phi) is 7.75. The molecule has 3 rings (SSSR count). The van der Waals surface area contributed by atoms with E-state index in [-0.39, 0.29) is 23.8 Å². The van der Waals surface area contributed by atoms with Crippen molar-refractivity contribution in [3.8, 4) is 11.5 Å². The van der Waals surface area contributed by atoms with Crippen molar-refractivity contribution in [3.63, 3.8) is 0 Å². The number of carbonyl (C=O) groups excluding carboxylic acids is 1. The van der Waals surface area contributed by atoms with Gasteiger partial charge in [-0.05, 0) is 43.5 Å². The molecule has 0 amide bonds. The van der Waals surface area contributed by atoms with Gasteiger partial charge in [-0.25, -0.2) is 14.8 Å². The molecule has 170 valence electrons. The number of halogens is 2. The number of hydrogen-bond acceptors (Lipinski definition) is 6. The Labute approximate surface area is 184 Å². The zero-order chi connectivity index (χ0) is 23.1. The number of para-hydroxylation sites is 1. The van der Waals surface area contributed by atoms with Crippen molar-refractivity contribution < 1.29 is 27.8 Å². The average molecular weight is 445 g/mol. The van der Waals surface area contributed by atoms with Crippen LogP contribution in [0.15, 0.2) is 36.8 Å². The zero-order valence-electron chi connectivity index (χ0n) is 18.1. The first-order valence-corrected chi connectivity index (χ1v) is 10.3. The monoisotopic (exact) mass is 445 g/mol. The van der Waals surface area contributed by atoms with Crippen molar-refractivity contribution in [2.45, 2.75) is 33.8 Å². The van der Waals surface area contributed by atoms with E-state index in [2.05, 4.69) is 14.7 Å². The fourth-order valence-corrected chi connectivity index (χ4v) is 3.01. The summed E-state index contributed by atoms with van der Waals surface area (Å²) in [4.78, 5) is 21.0. The minimum Gasteiger partial charge on any atom is -0.489 e. The highest BCUT2D eigenvalue weighted by molar-refractivity contribution is 5.94. The van der Waals surface area contributed by atoms with Crippen LogP contribution in [0.25, 0.3) is 17.8 Å². The van der Waals surface area contributed by atoms with Crippen LogP contribution in [-0.4, -0.2) is 40.2 Å². The molecule has 0 aliphatic rings. The van der Waals surface area contributed by atoms with Crippen LogP contribution in [0, 0.1) is 5.92 Å². The Bertz CT molecular complexity index is 1100. The minimum atomic E-state index is -2.98. The number of rotatable bonds is 10. The summed E-state index contributed by atoms with van der Waals surface area (Å²) in [5, 5.41) is 0. The molecule has 0 radical (unpaired) electrons. The number of benzene rings is 1.